The summed E-state index contributed by atoms with van der Waals surface area (Å²) in [6, 6.07) is 0. The first kappa shape index (κ1) is 29.9. The molecule has 0 spiro atoms. The van der Waals surface area contributed by atoms with Crippen LogP contribution >= 0.6 is 26.6 Å². The van der Waals surface area contributed by atoms with Gasteiger partial charge in [-0.05, 0) is 0 Å². The van der Waals surface area contributed by atoms with Crippen LogP contribution in [-0.4, -0.2) is 94.5 Å². The molecule has 5 N–H and O–H groups in total. The van der Waals surface area contributed by atoms with E-state index >= 15 is 0 Å². The van der Waals surface area contributed by atoms with E-state index in [0.717, 1.165) is 0 Å². The second-order valence-electron chi connectivity index (χ2n) is 10.6. The summed E-state index contributed by atoms with van der Waals surface area (Å²) in [5.74, 6) is -0.152. The Morgan fingerprint density at radius 3 is 2.02 bits per heavy atom. The van der Waals surface area contributed by atoms with Gasteiger partial charge in [0.15, 0.2) is 29.2 Å². The van der Waals surface area contributed by atoms with Crippen LogP contribution in [0.5, 0.6) is 0 Å². The minimum atomic E-state index is -4.09. The summed E-state index contributed by atoms with van der Waals surface area (Å²) in [4.78, 5) is 24.8. The molecule has 1 unspecified atom stereocenters. The predicted molar refractivity (Wildman–Crippen MR) is 154 cm³/mol. The maximum Gasteiger partial charge on any atom is 0.386 e. The topological polar surface area (TPSA) is 249 Å². The van der Waals surface area contributed by atoms with E-state index in [-0.39, 0.29) is 23.9 Å². The van der Waals surface area contributed by atoms with Crippen molar-refractivity contribution in [3.63, 3.8) is 0 Å². The average molecular weight is 671 g/mol. The van der Waals surface area contributed by atoms with E-state index in [1.165, 1.54) is 36.5 Å². The van der Waals surface area contributed by atoms with E-state index < -0.39 is 69.9 Å². The monoisotopic (exact) mass is 670 g/mol. The quantitative estimate of drug-likeness (QED) is 0.173. The lowest BCUT2D eigenvalue weighted by atomic mass is 10.0. The Kier molecular flexibility index (Phi) is 7.44. The zero-order valence-electron chi connectivity index (χ0n) is 23.1. The summed E-state index contributed by atoms with van der Waals surface area (Å²) in [6.07, 6.45) is -2.00. The molecule has 0 saturated carbocycles. The second-order valence-corrected chi connectivity index (χ2v) is 15.5. The first-order chi connectivity index (χ1) is 20.9. The number of anilines is 2. The maximum absolute atomic E-state index is 13.6. The van der Waals surface area contributed by atoms with Gasteiger partial charge in [0.05, 0.1) is 25.9 Å². The predicted octanol–water partition coefficient (Wildman–Crippen LogP) is 1.30. The van der Waals surface area contributed by atoms with Gasteiger partial charge in [-0.2, -0.15) is 0 Å². The number of aliphatic hydroxyl groups is 1. The van der Waals surface area contributed by atoms with Crippen LogP contribution in [0.4, 0.5) is 11.6 Å². The molecule has 44 heavy (non-hydrogen) atoms. The molecule has 3 fully saturated rings. The van der Waals surface area contributed by atoms with Crippen LogP contribution < -0.4 is 11.5 Å². The van der Waals surface area contributed by atoms with Crippen molar-refractivity contribution in [2.24, 2.45) is 5.92 Å². The van der Waals surface area contributed by atoms with Gasteiger partial charge in [0.1, 0.15) is 60.4 Å². The van der Waals surface area contributed by atoms with Gasteiger partial charge in [-0.25, -0.2) is 34.5 Å². The van der Waals surface area contributed by atoms with E-state index in [2.05, 4.69) is 42.2 Å². The van der Waals surface area contributed by atoms with Gasteiger partial charge in [-0.3, -0.25) is 27.3 Å². The number of nitrogens with two attached hydrogens (primary N) is 2. The smallest absolute Gasteiger partial charge is 0.386 e. The van der Waals surface area contributed by atoms with Crippen LogP contribution in [0.25, 0.3) is 22.3 Å². The Morgan fingerprint density at radius 1 is 0.841 bits per heavy atom. The van der Waals surface area contributed by atoms with Gasteiger partial charge >= 0.3 is 14.4 Å². The number of aliphatic hydroxyl groups excluding tert-OH is 1. The lowest BCUT2D eigenvalue weighted by Crippen LogP contribution is -2.37. The Morgan fingerprint density at radius 2 is 1.39 bits per heavy atom. The van der Waals surface area contributed by atoms with Crippen molar-refractivity contribution in [3.8, 4) is 0 Å². The van der Waals surface area contributed by atoms with Gasteiger partial charge < -0.3 is 30.6 Å². The van der Waals surface area contributed by atoms with Crippen molar-refractivity contribution < 1.29 is 41.8 Å². The molecule has 3 saturated heterocycles. The van der Waals surface area contributed by atoms with Crippen molar-refractivity contribution >= 4 is 60.6 Å². The molecule has 22 heteroatoms. The highest BCUT2D eigenvalue weighted by Gasteiger charge is 2.52. The average Bonchev–Trinajstić information content (AvgIpc) is 3.73. The van der Waals surface area contributed by atoms with E-state index in [9.17, 15) is 14.2 Å². The van der Waals surface area contributed by atoms with Crippen molar-refractivity contribution in [3.05, 3.63) is 25.3 Å². The summed E-state index contributed by atoms with van der Waals surface area (Å²) < 4.78 is 65.7. The van der Waals surface area contributed by atoms with Gasteiger partial charge in [0, 0.05) is 12.6 Å². The van der Waals surface area contributed by atoms with Crippen LogP contribution in [0.15, 0.2) is 25.3 Å². The van der Waals surface area contributed by atoms with Gasteiger partial charge in [0.2, 0.25) is 0 Å². The third-order valence-electron chi connectivity index (χ3n) is 7.72. The third-order valence-corrected chi connectivity index (χ3v) is 10.6. The minimum Gasteiger partial charge on any atom is -0.386 e. The Hall–Kier alpha value is -2.77. The van der Waals surface area contributed by atoms with Crippen LogP contribution in [0, 0.1) is 5.92 Å². The minimum absolute atomic E-state index is 0.134. The molecule has 7 rings (SSSR count). The molecule has 0 aliphatic carbocycles. The molecule has 0 amide bonds. The SMILES string of the molecule is C[C@@H]1[C@@H]2O[P@](=O)(S)OC[C@H]3O[C@@H](n4cnc5c(N)ncnc54)[C@H](O)[C@@H]3O[P@@](C)(=O)OCC2O[C@H]1n1cnc2c(N)ncnc21. The normalized spacial score (nSPS) is 38.3. The Balaban J connectivity index is 1.17. The molecule has 10 atom stereocenters. The lowest BCUT2D eigenvalue weighted by molar-refractivity contribution is -0.0562. The molecule has 0 bridgehead atoms. The van der Waals surface area contributed by atoms with Crippen molar-refractivity contribution in [1.29, 1.82) is 0 Å². The van der Waals surface area contributed by atoms with Gasteiger partial charge in [-0.1, -0.05) is 19.2 Å². The fraction of sp³-hybridized carbons (Fsp3) is 0.545. The van der Waals surface area contributed by atoms with Crippen LogP contribution in [0.1, 0.15) is 19.4 Å². The number of thiol groups is 1. The summed E-state index contributed by atoms with van der Waals surface area (Å²) in [5, 5.41) is 11.3. The highest BCUT2D eigenvalue weighted by molar-refractivity contribution is 8.44. The zero-order chi connectivity index (χ0) is 31.0. The van der Waals surface area contributed by atoms with Crippen LogP contribution in [0.2, 0.25) is 0 Å². The first-order valence-electron chi connectivity index (χ1n) is 13.3. The van der Waals surface area contributed by atoms with Crippen molar-refractivity contribution in [2.75, 3.05) is 31.3 Å². The summed E-state index contributed by atoms with van der Waals surface area (Å²) >= 11 is 4.21. The number of rotatable bonds is 2. The Labute approximate surface area is 253 Å². The fourth-order valence-corrected chi connectivity index (χ4v) is 8.38. The standard InChI is InChI=1S/C22H28N10O9P2S/c1-9-15-10(38-21(9)31-7-29-12-17(23)25-5-27-19(12)31)3-36-42(2,34)40-16-11(4-37-43(35,44)41-15)39-22(14(16)33)32-8-30-13-18(24)26-6-28-20(13)32/h5-11,14-16,21-22,33H,3-4H2,1-2H3,(H,35,44)(H2,23,25,27)(H2,24,26,28)/t9-,10?,11-,14-,15+,16-,21-,22-,42+,43-/m1/s1. The molecular formula is C22H28N10O9P2S. The van der Waals surface area contributed by atoms with E-state index in [1.54, 1.807) is 11.5 Å². The lowest BCUT2D eigenvalue weighted by Gasteiger charge is -2.29. The first-order valence-corrected chi connectivity index (χ1v) is 18.0. The van der Waals surface area contributed by atoms with Crippen LogP contribution in [-0.2, 0) is 36.7 Å². The number of fused-ring (bicyclic) bond motifs is 4. The van der Waals surface area contributed by atoms with Crippen LogP contribution in [0.3, 0.4) is 0 Å². The summed E-state index contributed by atoms with van der Waals surface area (Å²) in [6.45, 7) is -1.73. The van der Waals surface area contributed by atoms with Gasteiger partial charge in [0.25, 0.3) is 0 Å². The number of nitrogen functional groups attached to an aromatic ring is 2. The molecule has 19 nitrogen and oxygen atoms in total. The molecule has 0 aromatic carbocycles. The van der Waals surface area contributed by atoms with Crippen molar-refractivity contribution in [1.82, 2.24) is 39.0 Å². The molecular weight excluding hydrogens is 642 g/mol. The van der Waals surface area contributed by atoms with E-state index in [4.69, 9.17) is 39.0 Å². The summed E-state index contributed by atoms with van der Waals surface area (Å²) in [7, 11) is -3.88. The zero-order valence-corrected chi connectivity index (χ0v) is 25.8. The third kappa shape index (κ3) is 5.18. The molecule has 0 radical (unpaired) electrons. The Bertz CT molecular complexity index is 1700. The molecule has 236 valence electrons. The van der Waals surface area contributed by atoms with E-state index in [1.807, 2.05) is 0 Å². The number of hydrogen-bond donors (Lipinski definition) is 4. The number of imidazole rings is 2. The molecule has 4 aromatic rings. The highest BCUT2D eigenvalue weighted by Crippen LogP contribution is 2.59. The maximum atomic E-state index is 13.6. The fourth-order valence-electron chi connectivity index (χ4n) is 5.64. The number of ether oxygens (including phenoxy) is 2. The molecule has 7 heterocycles. The molecule has 4 aromatic heterocycles. The van der Waals surface area contributed by atoms with Gasteiger partial charge in [-0.15, -0.1) is 0 Å². The number of aromatic nitrogens is 8. The molecule has 3 aliphatic heterocycles. The highest BCUT2D eigenvalue weighted by atomic mass is 32.7. The molecule has 3 aliphatic rings. The largest absolute Gasteiger partial charge is 0.386 e. The van der Waals surface area contributed by atoms with E-state index in [0.29, 0.717) is 16.7 Å². The number of nitrogens with zero attached hydrogens (tertiary/aromatic N) is 8. The second kappa shape index (κ2) is 10.9. The van der Waals surface area contributed by atoms with Crippen molar-refractivity contribution in [2.45, 2.75) is 49.9 Å². The number of hydrogen-bond acceptors (Lipinski definition) is 17. The summed E-state index contributed by atoms with van der Waals surface area (Å²) in [5.41, 5.74) is 13.2.